The number of hydrogen-bond donors (Lipinski definition) is 3. The normalized spacial score (nSPS) is 17.1. The third kappa shape index (κ3) is 3.49. The molecular weight excluding hydrogens is 304 g/mol. The average Bonchev–Trinajstić information content (AvgIpc) is 2.39. The molecule has 0 unspecified atom stereocenters. The van der Waals surface area contributed by atoms with E-state index >= 15 is 0 Å². The number of piperidine rings is 1. The Morgan fingerprint density at radius 2 is 2.00 bits per heavy atom. The summed E-state index contributed by atoms with van der Waals surface area (Å²) in [6.07, 6.45) is 1.41. The molecule has 1 aliphatic heterocycles. The Kier molecular flexibility index (Phi) is 4.64. The molecule has 2 rings (SSSR count). The molecular formula is C12H15ClN2O4S. The summed E-state index contributed by atoms with van der Waals surface area (Å²) in [6.45, 7) is 1.52. The zero-order valence-electron chi connectivity index (χ0n) is 10.6. The highest BCUT2D eigenvalue weighted by Gasteiger charge is 2.23. The van der Waals surface area contributed by atoms with E-state index in [9.17, 15) is 13.2 Å². The Bertz CT molecular complexity index is 612. The standard InChI is InChI=1S/C12H15ClN2O4S/c13-11-2-1-9(7-10(11)12(16)17)20(18,19)15-8-3-5-14-6-4-8/h1-2,7-8,14-15H,3-6H2,(H,16,17). The van der Waals surface area contributed by atoms with E-state index in [1.807, 2.05) is 0 Å². The van der Waals surface area contributed by atoms with Crippen LogP contribution in [0.25, 0.3) is 0 Å². The predicted molar refractivity (Wildman–Crippen MR) is 74.6 cm³/mol. The van der Waals surface area contributed by atoms with Crippen molar-refractivity contribution in [1.82, 2.24) is 10.0 Å². The fourth-order valence-electron chi connectivity index (χ4n) is 2.06. The molecule has 1 fully saturated rings. The van der Waals surface area contributed by atoms with E-state index in [0.29, 0.717) is 12.8 Å². The summed E-state index contributed by atoms with van der Waals surface area (Å²) in [5, 5.41) is 12.1. The maximum atomic E-state index is 12.2. The number of carboxylic acid groups (broad SMARTS) is 1. The number of rotatable bonds is 4. The first kappa shape index (κ1) is 15.2. The van der Waals surface area contributed by atoms with Gasteiger partial charge in [-0.15, -0.1) is 0 Å². The van der Waals surface area contributed by atoms with Crippen molar-refractivity contribution in [2.24, 2.45) is 0 Å². The monoisotopic (exact) mass is 318 g/mol. The number of benzene rings is 1. The second-order valence-corrected chi connectivity index (χ2v) is 6.71. The van der Waals surface area contributed by atoms with Gasteiger partial charge in [0.25, 0.3) is 0 Å². The first-order valence-corrected chi connectivity index (χ1v) is 8.02. The lowest BCUT2D eigenvalue weighted by Gasteiger charge is -2.23. The molecule has 1 heterocycles. The van der Waals surface area contributed by atoms with E-state index in [4.69, 9.17) is 16.7 Å². The topological polar surface area (TPSA) is 95.5 Å². The Labute approximate surface area is 122 Å². The molecule has 0 atom stereocenters. The molecule has 3 N–H and O–H groups in total. The van der Waals surface area contributed by atoms with E-state index in [2.05, 4.69) is 10.0 Å². The molecule has 6 nitrogen and oxygen atoms in total. The van der Waals surface area contributed by atoms with Gasteiger partial charge in [0.2, 0.25) is 10.0 Å². The summed E-state index contributed by atoms with van der Waals surface area (Å²) in [5.74, 6) is -1.26. The van der Waals surface area contributed by atoms with E-state index < -0.39 is 16.0 Å². The minimum Gasteiger partial charge on any atom is -0.478 e. The number of carbonyl (C=O) groups is 1. The van der Waals surface area contributed by atoms with Gasteiger partial charge in [0.15, 0.2) is 0 Å². The number of carboxylic acids is 1. The molecule has 1 aromatic carbocycles. The lowest BCUT2D eigenvalue weighted by molar-refractivity contribution is 0.0697. The van der Waals surface area contributed by atoms with E-state index in [0.717, 1.165) is 19.2 Å². The van der Waals surface area contributed by atoms with Crippen molar-refractivity contribution in [2.75, 3.05) is 13.1 Å². The second kappa shape index (κ2) is 6.09. The maximum Gasteiger partial charge on any atom is 0.337 e. The van der Waals surface area contributed by atoms with Crippen LogP contribution in [0.3, 0.4) is 0 Å². The van der Waals surface area contributed by atoms with Gasteiger partial charge in [-0.1, -0.05) is 11.6 Å². The second-order valence-electron chi connectivity index (χ2n) is 4.59. The molecule has 110 valence electrons. The molecule has 0 amide bonds. The molecule has 0 saturated carbocycles. The quantitative estimate of drug-likeness (QED) is 0.772. The minimum atomic E-state index is -3.73. The van der Waals surface area contributed by atoms with Crippen LogP contribution in [0.4, 0.5) is 0 Å². The summed E-state index contributed by atoms with van der Waals surface area (Å²) in [4.78, 5) is 10.9. The Balaban J connectivity index is 2.24. The van der Waals surface area contributed by atoms with Crippen LogP contribution < -0.4 is 10.0 Å². The number of aromatic carboxylic acids is 1. The highest BCUT2D eigenvalue weighted by Crippen LogP contribution is 2.21. The number of hydrogen-bond acceptors (Lipinski definition) is 4. The molecule has 0 radical (unpaired) electrons. The van der Waals surface area contributed by atoms with Crippen LogP contribution in [0, 0.1) is 0 Å². The third-order valence-corrected chi connectivity index (χ3v) is 4.99. The van der Waals surface area contributed by atoms with Crippen LogP contribution in [-0.2, 0) is 10.0 Å². The van der Waals surface area contributed by atoms with E-state index in [-0.39, 0.29) is 21.5 Å². The van der Waals surface area contributed by atoms with Crippen molar-refractivity contribution in [3.05, 3.63) is 28.8 Å². The van der Waals surface area contributed by atoms with Crippen molar-refractivity contribution in [3.63, 3.8) is 0 Å². The average molecular weight is 319 g/mol. The maximum absolute atomic E-state index is 12.2. The Morgan fingerprint density at radius 1 is 1.35 bits per heavy atom. The van der Waals surface area contributed by atoms with Gasteiger partial charge in [-0.25, -0.2) is 17.9 Å². The molecule has 1 aromatic rings. The van der Waals surface area contributed by atoms with Crippen LogP contribution in [0.2, 0.25) is 5.02 Å². The Morgan fingerprint density at radius 3 is 2.60 bits per heavy atom. The highest BCUT2D eigenvalue weighted by atomic mass is 35.5. The minimum absolute atomic E-state index is 0.0123. The van der Waals surface area contributed by atoms with Gasteiger partial charge in [-0.3, -0.25) is 0 Å². The van der Waals surface area contributed by atoms with Gasteiger partial charge in [-0.05, 0) is 44.1 Å². The van der Waals surface area contributed by atoms with E-state index in [1.165, 1.54) is 12.1 Å². The molecule has 20 heavy (non-hydrogen) atoms. The van der Waals surface area contributed by atoms with Crippen molar-refractivity contribution < 1.29 is 18.3 Å². The largest absolute Gasteiger partial charge is 0.478 e. The van der Waals surface area contributed by atoms with Crippen LogP contribution in [0.15, 0.2) is 23.1 Å². The van der Waals surface area contributed by atoms with Crippen LogP contribution in [0.1, 0.15) is 23.2 Å². The van der Waals surface area contributed by atoms with Crippen molar-refractivity contribution in [3.8, 4) is 0 Å². The zero-order chi connectivity index (χ0) is 14.8. The SMILES string of the molecule is O=C(O)c1cc(S(=O)(=O)NC2CCNCC2)ccc1Cl. The summed E-state index contributed by atoms with van der Waals surface area (Å²) in [7, 11) is -3.73. The van der Waals surface area contributed by atoms with Gasteiger partial charge >= 0.3 is 5.97 Å². The smallest absolute Gasteiger partial charge is 0.337 e. The van der Waals surface area contributed by atoms with Gasteiger partial charge in [0.1, 0.15) is 0 Å². The van der Waals surface area contributed by atoms with Crippen LogP contribution in [-0.4, -0.2) is 38.6 Å². The van der Waals surface area contributed by atoms with Crippen molar-refractivity contribution in [1.29, 1.82) is 0 Å². The third-order valence-electron chi connectivity index (χ3n) is 3.14. The highest BCUT2D eigenvalue weighted by molar-refractivity contribution is 7.89. The lowest BCUT2D eigenvalue weighted by Crippen LogP contribution is -2.42. The van der Waals surface area contributed by atoms with Crippen LogP contribution in [0.5, 0.6) is 0 Å². The van der Waals surface area contributed by atoms with Crippen LogP contribution >= 0.6 is 11.6 Å². The van der Waals surface area contributed by atoms with Gasteiger partial charge < -0.3 is 10.4 Å². The first-order valence-electron chi connectivity index (χ1n) is 6.16. The van der Waals surface area contributed by atoms with Crippen molar-refractivity contribution in [2.45, 2.75) is 23.8 Å². The molecule has 0 aliphatic carbocycles. The fraction of sp³-hybridized carbons (Fsp3) is 0.417. The lowest BCUT2D eigenvalue weighted by atomic mass is 10.1. The van der Waals surface area contributed by atoms with Gasteiger partial charge in [-0.2, -0.15) is 0 Å². The predicted octanol–water partition coefficient (Wildman–Crippen LogP) is 1.07. The summed E-state index contributed by atoms with van der Waals surface area (Å²) in [6, 6.07) is 3.53. The van der Waals surface area contributed by atoms with Gasteiger partial charge in [0, 0.05) is 6.04 Å². The molecule has 0 bridgehead atoms. The van der Waals surface area contributed by atoms with E-state index in [1.54, 1.807) is 0 Å². The number of halogens is 1. The first-order chi connectivity index (χ1) is 9.40. The molecule has 8 heteroatoms. The zero-order valence-corrected chi connectivity index (χ0v) is 12.2. The molecule has 0 aromatic heterocycles. The number of sulfonamides is 1. The summed E-state index contributed by atoms with van der Waals surface area (Å²) >= 11 is 5.73. The molecule has 1 aliphatic rings. The van der Waals surface area contributed by atoms with Gasteiger partial charge in [0.05, 0.1) is 15.5 Å². The molecule has 1 saturated heterocycles. The number of nitrogens with one attached hydrogen (secondary N) is 2. The molecule has 0 spiro atoms. The summed E-state index contributed by atoms with van der Waals surface area (Å²) < 4.78 is 27.0. The Hall–Kier alpha value is -1.15. The fourth-order valence-corrected chi connectivity index (χ4v) is 3.59. The van der Waals surface area contributed by atoms with Crippen molar-refractivity contribution >= 4 is 27.6 Å². The summed E-state index contributed by atoms with van der Waals surface area (Å²) in [5.41, 5.74) is -0.222.